The maximum atomic E-state index is 11.3. The number of rotatable bonds is 7. The van der Waals surface area contributed by atoms with Crippen molar-refractivity contribution >= 4 is 16.0 Å². The molecule has 0 radical (unpaired) electrons. The van der Waals surface area contributed by atoms with Crippen LogP contribution >= 0.6 is 0 Å². The van der Waals surface area contributed by atoms with Crippen LogP contribution < -0.4 is 10.5 Å². The molecule has 0 saturated carbocycles. The summed E-state index contributed by atoms with van der Waals surface area (Å²) >= 11 is 0. The van der Waals surface area contributed by atoms with Crippen LogP contribution in [0.1, 0.15) is 20.3 Å². The van der Waals surface area contributed by atoms with E-state index in [1.54, 1.807) is 13.8 Å². The van der Waals surface area contributed by atoms with E-state index in [1.807, 2.05) is 0 Å². The van der Waals surface area contributed by atoms with Crippen molar-refractivity contribution in [2.24, 2.45) is 5.73 Å². The van der Waals surface area contributed by atoms with Crippen molar-refractivity contribution in [3.8, 4) is 0 Å². The predicted octanol–water partition coefficient (Wildman–Crippen LogP) is -0.794. The van der Waals surface area contributed by atoms with Crippen molar-refractivity contribution < 1.29 is 17.9 Å². The molecule has 0 aliphatic carbocycles. The Labute approximate surface area is 90.2 Å². The van der Waals surface area contributed by atoms with Crippen LogP contribution in [0.2, 0.25) is 0 Å². The summed E-state index contributed by atoms with van der Waals surface area (Å²) in [5, 5.41) is 0. The summed E-state index contributed by atoms with van der Waals surface area (Å²) in [6, 6.07) is -0.322. The first-order valence-corrected chi connectivity index (χ1v) is 6.42. The fourth-order valence-electron chi connectivity index (χ4n) is 0.864. The smallest absolute Gasteiger partial charge is 0.306 e. The number of hydrogen-bond acceptors (Lipinski definition) is 5. The fraction of sp³-hybridized carbons (Fsp3) is 0.875. The van der Waals surface area contributed by atoms with E-state index in [0.29, 0.717) is 0 Å². The molecular formula is C8H18N2O4S. The molecule has 0 rings (SSSR count). The van der Waals surface area contributed by atoms with Gasteiger partial charge in [0.25, 0.3) is 0 Å². The van der Waals surface area contributed by atoms with E-state index in [2.05, 4.69) is 9.46 Å². The Balaban J connectivity index is 3.99. The molecule has 0 heterocycles. The normalized spacial score (nSPS) is 13.5. The van der Waals surface area contributed by atoms with Crippen LogP contribution in [-0.4, -0.2) is 39.3 Å². The van der Waals surface area contributed by atoms with Crippen molar-refractivity contribution in [3.05, 3.63) is 0 Å². The summed E-state index contributed by atoms with van der Waals surface area (Å²) in [5.74, 6) is -0.779. The highest BCUT2D eigenvalue weighted by atomic mass is 32.2. The van der Waals surface area contributed by atoms with Gasteiger partial charge in [0, 0.05) is 12.6 Å². The van der Waals surface area contributed by atoms with Crippen LogP contribution in [0.4, 0.5) is 0 Å². The fourth-order valence-corrected chi connectivity index (χ4v) is 2.13. The molecule has 0 fully saturated rings. The standard InChI is InChI=1S/C8H18N2O4S/c1-3-14-8(11)4-5-15(12,13)10-7(2)6-9/h7,10H,3-6,9H2,1-2H3. The van der Waals surface area contributed by atoms with E-state index in [-0.39, 0.29) is 31.4 Å². The van der Waals surface area contributed by atoms with Crippen LogP contribution in [-0.2, 0) is 19.6 Å². The summed E-state index contributed by atoms with van der Waals surface area (Å²) < 4.78 is 29.6. The number of carbonyl (C=O) groups excluding carboxylic acids is 1. The lowest BCUT2D eigenvalue weighted by molar-refractivity contribution is -0.142. The second kappa shape index (κ2) is 6.76. The molecule has 0 aliphatic rings. The summed E-state index contributed by atoms with van der Waals surface area (Å²) in [5.41, 5.74) is 5.26. The second-order valence-corrected chi connectivity index (χ2v) is 5.00. The Kier molecular flexibility index (Phi) is 6.46. The van der Waals surface area contributed by atoms with Gasteiger partial charge in [-0.15, -0.1) is 0 Å². The average Bonchev–Trinajstić information content (AvgIpc) is 2.15. The van der Waals surface area contributed by atoms with Crippen molar-refractivity contribution in [1.82, 2.24) is 4.72 Å². The molecule has 6 nitrogen and oxygen atoms in total. The van der Waals surface area contributed by atoms with Crippen LogP contribution in [0.3, 0.4) is 0 Å². The molecule has 0 aromatic rings. The van der Waals surface area contributed by atoms with Crippen LogP contribution in [0.25, 0.3) is 0 Å². The van der Waals surface area contributed by atoms with E-state index in [9.17, 15) is 13.2 Å². The molecule has 0 saturated heterocycles. The van der Waals surface area contributed by atoms with E-state index < -0.39 is 16.0 Å². The molecule has 0 aromatic carbocycles. The molecule has 90 valence electrons. The van der Waals surface area contributed by atoms with Gasteiger partial charge in [-0.05, 0) is 13.8 Å². The highest BCUT2D eigenvalue weighted by molar-refractivity contribution is 7.89. The Morgan fingerprint density at radius 2 is 2.13 bits per heavy atom. The molecule has 0 aromatic heterocycles. The monoisotopic (exact) mass is 238 g/mol. The number of sulfonamides is 1. The van der Waals surface area contributed by atoms with Gasteiger partial charge in [0.05, 0.1) is 18.8 Å². The highest BCUT2D eigenvalue weighted by Crippen LogP contribution is 1.94. The van der Waals surface area contributed by atoms with Crippen LogP contribution in [0, 0.1) is 0 Å². The van der Waals surface area contributed by atoms with Gasteiger partial charge in [-0.25, -0.2) is 13.1 Å². The Morgan fingerprint density at radius 1 is 1.53 bits per heavy atom. The maximum Gasteiger partial charge on any atom is 0.306 e. The summed E-state index contributed by atoms with van der Waals surface area (Å²) in [7, 11) is -3.44. The Morgan fingerprint density at radius 3 is 2.60 bits per heavy atom. The van der Waals surface area contributed by atoms with E-state index >= 15 is 0 Å². The van der Waals surface area contributed by atoms with Crippen molar-refractivity contribution in [3.63, 3.8) is 0 Å². The lowest BCUT2D eigenvalue weighted by Gasteiger charge is -2.11. The molecule has 3 N–H and O–H groups in total. The molecule has 7 heteroatoms. The molecular weight excluding hydrogens is 220 g/mol. The lowest BCUT2D eigenvalue weighted by Crippen LogP contribution is -2.39. The minimum atomic E-state index is -3.44. The molecule has 0 spiro atoms. The average molecular weight is 238 g/mol. The van der Waals surface area contributed by atoms with Gasteiger partial charge in [-0.1, -0.05) is 0 Å². The van der Waals surface area contributed by atoms with Crippen molar-refractivity contribution in [1.29, 1.82) is 0 Å². The first-order valence-electron chi connectivity index (χ1n) is 4.77. The third-order valence-corrected chi connectivity index (χ3v) is 3.12. The third-order valence-electron chi connectivity index (χ3n) is 1.61. The van der Waals surface area contributed by atoms with Gasteiger partial charge < -0.3 is 10.5 Å². The molecule has 15 heavy (non-hydrogen) atoms. The number of carbonyl (C=O) groups is 1. The summed E-state index contributed by atoms with van der Waals surface area (Å²) in [6.45, 7) is 3.80. The SMILES string of the molecule is CCOC(=O)CCS(=O)(=O)NC(C)CN. The van der Waals surface area contributed by atoms with Crippen molar-refractivity contribution in [2.45, 2.75) is 26.3 Å². The second-order valence-electron chi connectivity index (χ2n) is 3.13. The highest BCUT2D eigenvalue weighted by Gasteiger charge is 2.15. The predicted molar refractivity (Wildman–Crippen MR) is 56.7 cm³/mol. The first kappa shape index (κ1) is 14.3. The van der Waals surface area contributed by atoms with Gasteiger partial charge >= 0.3 is 5.97 Å². The van der Waals surface area contributed by atoms with E-state index in [1.165, 1.54) is 0 Å². The largest absolute Gasteiger partial charge is 0.466 e. The third kappa shape index (κ3) is 7.29. The topological polar surface area (TPSA) is 98.5 Å². The van der Waals surface area contributed by atoms with Crippen LogP contribution in [0.5, 0.6) is 0 Å². The molecule has 1 unspecified atom stereocenters. The van der Waals surface area contributed by atoms with Gasteiger partial charge in [-0.3, -0.25) is 4.79 Å². The summed E-state index contributed by atoms with van der Waals surface area (Å²) in [4.78, 5) is 10.9. The number of nitrogens with two attached hydrogens (primary N) is 1. The van der Waals surface area contributed by atoms with E-state index in [4.69, 9.17) is 5.73 Å². The number of ether oxygens (including phenoxy) is 1. The Bertz CT molecular complexity index is 289. The Hall–Kier alpha value is -0.660. The lowest BCUT2D eigenvalue weighted by atomic mass is 10.4. The summed E-state index contributed by atoms with van der Waals surface area (Å²) in [6.07, 6.45) is -0.138. The zero-order valence-corrected chi connectivity index (χ0v) is 9.84. The minimum Gasteiger partial charge on any atom is -0.466 e. The minimum absolute atomic E-state index is 0.138. The van der Waals surface area contributed by atoms with E-state index in [0.717, 1.165) is 0 Å². The zero-order chi connectivity index (χ0) is 11.9. The van der Waals surface area contributed by atoms with Gasteiger partial charge in [0.15, 0.2) is 0 Å². The molecule has 0 bridgehead atoms. The molecule has 1 atom stereocenters. The molecule has 0 aliphatic heterocycles. The number of esters is 1. The maximum absolute atomic E-state index is 11.3. The van der Waals surface area contributed by atoms with Gasteiger partial charge in [0.1, 0.15) is 0 Å². The zero-order valence-electron chi connectivity index (χ0n) is 9.02. The van der Waals surface area contributed by atoms with Crippen molar-refractivity contribution in [2.75, 3.05) is 18.9 Å². The van der Waals surface area contributed by atoms with Gasteiger partial charge in [-0.2, -0.15) is 0 Å². The molecule has 0 amide bonds. The first-order chi connectivity index (χ1) is 6.91. The van der Waals surface area contributed by atoms with Gasteiger partial charge in [0.2, 0.25) is 10.0 Å². The van der Waals surface area contributed by atoms with Crippen LogP contribution in [0.15, 0.2) is 0 Å². The quantitative estimate of drug-likeness (QED) is 0.566. The number of nitrogens with one attached hydrogen (secondary N) is 1. The number of hydrogen-bond donors (Lipinski definition) is 2.